The van der Waals surface area contributed by atoms with E-state index in [2.05, 4.69) is 21.4 Å². The molecule has 1 amide bonds. The van der Waals surface area contributed by atoms with E-state index in [9.17, 15) is 10.1 Å². The van der Waals surface area contributed by atoms with E-state index in [1.54, 1.807) is 0 Å². The second-order valence-corrected chi connectivity index (χ2v) is 9.02. The number of carbonyl (C=O) groups is 1. The van der Waals surface area contributed by atoms with Gasteiger partial charge in [0.15, 0.2) is 11.4 Å². The van der Waals surface area contributed by atoms with Gasteiger partial charge in [0.1, 0.15) is 5.60 Å². The summed E-state index contributed by atoms with van der Waals surface area (Å²) >= 11 is 0. The van der Waals surface area contributed by atoms with Crippen molar-refractivity contribution in [1.29, 1.82) is 5.26 Å². The van der Waals surface area contributed by atoms with Crippen LogP contribution in [0.25, 0.3) is 16.8 Å². The van der Waals surface area contributed by atoms with Crippen molar-refractivity contribution in [2.75, 3.05) is 18.0 Å². The van der Waals surface area contributed by atoms with E-state index in [0.717, 1.165) is 35.4 Å². The van der Waals surface area contributed by atoms with Crippen LogP contribution in [0, 0.1) is 25.2 Å². The molecule has 1 aliphatic rings. The van der Waals surface area contributed by atoms with E-state index in [0.29, 0.717) is 23.5 Å². The van der Waals surface area contributed by atoms with Crippen molar-refractivity contribution in [2.45, 2.75) is 52.7 Å². The van der Waals surface area contributed by atoms with E-state index < -0.39 is 11.7 Å². The van der Waals surface area contributed by atoms with E-state index in [1.165, 1.54) is 0 Å². The summed E-state index contributed by atoms with van der Waals surface area (Å²) in [5.41, 5.74) is 3.53. The first-order valence-corrected chi connectivity index (χ1v) is 10.4. The number of nitrogens with one attached hydrogen (secondary N) is 1. The van der Waals surface area contributed by atoms with Crippen molar-refractivity contribution in [2.24, 2.45) is 0 Å². The van der Waals surface area contributed by atoms with E-state index in [4.69, 9.17) is 9.26 Å². The van der Waals surface area contributed by atoms with Gasteiger partial charge in [0.25, 0.3) is 0 Å². The molecule has 1 N–H and O–H groups in total. The molecule has 0 spiro atoms. The smallest absolute Gasteiger partial charge is 0.407 e. The average Bonchev–Trinajstić information content (AvgIpc) is 3.39. The van der Waals surface area contributed by atoms with Gasteiger partial charge in [-0.25, -0.2) is 4.79 Å². The fourth-order valence-electron chi connectivity index (χ4n) is 4.05. The van der Waals surface area contributed by atoms with Gasteiger partial charge in [0.05, 0.1) is 28.7 Å². The zero-order valence-electron chi connectivity index (χ0n) is 18.5. The Labute approximate surface area is 181 Å². The highest BCUT2D eigenvalue weighted by Crippen LogP contribution is 2.35. The SMILES string of the molecule is Cc1ccc(C)n1-c1noc2c(N3CCC(NC(=O)OC(C)(C)C)C3)cc(C#N)cc12. The van der Waals surface area contributed by atoms with Crippen LogP contribution in [0.5, 0.6) is 0 Å². The maximum atomic E-state index is 12.1. The van der Waals surface area contributed by atoms with E-state index >= 15 is 0 Å². The lowest BCUT2D eigenvalue weighted by atomic mass is 10.1. The van der Waals surface area contributed by atoms with Crippen LogP contribution in [-0.2, 0) is 4.74 Å². The topological polar surface area (TPSA) is 96.3 Å². The van der Waals surface area contributed by atoms with Crippen LogP contribution in [0.15, 0.2) is 28.8 Å². The number of benzene rings is 1. The Morgan fingerprint density at radius 1 is 1.29 bits per heavy atom. The van der Waals surface area contributed by atoms with Crippen LogP contribution < -0.4 is 10.2 Å². The number of carbonyl (C=O) groups excluding carboxylic acids is 1. The number of hydrogen-bond acceptors (Lipinski definition) is 6. The molecule has 1 saturated heterocycles. The minimum atomic E-state index is -0.541. The third kappa shape index (κ3) is 4.08. The van der Waals surface area contributed by atoms with Gasteiger partial charge in [0, 0.05) is 24.5 Å². The Morgan fingerprint density at radius 3 is 2.65 bits per heavy atom. The Morgan fingerprint density at radius 2 is 2.00 bits per heavy atom. The molecular weight excluding hydrogens is 394 g/mol. The number of aromatic nitrogens is 2. The molecule has 8 heteroatoms. The van der Waals surface area contributed by atoms with Crippen LogP contribution in [0.2, 0.25) is 0 Å². The van der Waals surface area contributed by atoms with Crippen LogP contribution in [0.1, 0.15) is 44.1 Å². The van der Waals surface area contributed by atoms with Crippen molar-refractivity contribution in [1.82, 2.24) is 15.0 Å². The normalized spacial score (nSPS) is 16.5. The number of ether oxygens (including phenoxy) is 1. The van der Waals surface area contributed by atoms with E-state index in [-0.39, 0.29) is 6.04 Å². The lowest BCUT2D eigenvalue weighted by molar-refractivity contribution is 0.0509. The van der Waals surface area contributed by atoms with Gasteiger partial charge >= 0.3 is 6.09 Å². The van der Waals surface area contributed by atoms with Crippen molar-refractivity contribution in [3.05, 3.63) is 41.2 Å². The number of nitriles is 1. The van der Waals surface area contributed by atoms with Crippen molar-refractivity contribution in [3.8, 4) is 11.9 Å². The van der Waals surface area contributed by atoms with Gasteiger partial charge in [-0.15, -0.1) is 0 Å². The second kappa shape index (κ2) is 7.65. The number of anilines is 1. The largest absolute Gasteiger partial charge is 0.444 e. The van der Waals surface area contributed by atoms with Gasteiger partial charge in [0.2, 0.25) is 0 Å². The molecule has 1 fully saturated rings. The molecule has 0 bridgehead atoms. The fraction of sp³-hybridized carbons (Fsp3) is 0.435. The molecule has 1 unspecified atom stereocenters. The van der Waals surface area contributed by atoms with Gasteiger partial charge in [-0.1, -0.05) is 5.16 Å². The maximum Gasteiger partial charge on any atom is 0.407 e. The summed E-state index contributed by atoms with van der Waals surface area (Å²) in [4.78, 5) is 14.3. The summed E-state index contributed by atoms with van der Waals surface area (Å²) in [6.07, 6.45) is 0.352. The van der Waals surface area contributed by atoms with Crippen molar-refractivity contribution in [3.63, 3.8) is 0 Å². The Hall–Kier alpha value is -3.47. The third-order valence-corrected chi connectivity index (χ3v) is 5.40. The van der Waals surface area contributed by atoms with Gasteiger partial charge in [-0.3, -0.25) is 4.57 Å². The fourth-order valence-corrected chi connectivity index (χ4v) is 4.05. The van der Waals surface area contributed by atoms with Gasteiger partial charge < -0.3 is 19.5 Å². The Bertz CT molecular complexity index is 1160. The molecule has 1 atom stereocenters. The molecule has 0 aliphatic carbocycles. The number of amides is 1. The van der Waals surface area contributed by atoms with Crippen LogP contribution in [-0.4, -0.2) is 40.5 Å². The third-order valence-electron chi connectivity index (χ3n) is 5.40. The number of rotatable bonds is 3. The lowest BCUT2D eigenvalue weighted by Crippen LogP contribution is -2.40. The molecular formula is C23H27N5O3. The zero-order valence-corrected chi connectivity index (χ0v) is 18.5. The standard InChI is InChI=1S/C23H27N5O3/c1-14-6-7-15(2)28(14)21-18-10-16(12-24)11-19(20(18)31-26-21)27-9-8-17(13-27)25-22(29)30-23(3,4)5/h6-7,10-11,17H,8-9,13H2,1-5H3,(H,25,29). The van der Waals surface area contributed by atoms with Gasteiger partial charge in [-0.2, -0.15) is 5.26 Å². The summed E-state index contributed by atoms with van der Waals surface area (Å²) in [5.74, 6) is 0.677. The molecule has 0 radical (unpaired) electrons. The molecule has 1 aliphatic heterocycles. The number of nitrogens with zero attached hydrogens (tertiary/aromatic N) is 4. The number of hydrogen-bond donors (Lipinski definition) is 1. The Balaban J connectivity index is 1.65. The van der Waals surface area contributed by atoms with Crippen LogP contribution in [0.4, 0.5) is 10.5 Å². The van der Waals surface area contributed by atoms with Crippen LogP contribution in [0.3, 0.4) is 0 Å². The van der Waals surface area contributed by atoms with Crippen molar-refractivity contribution < 1.29 is 14.1 Å². The molecule has 8 nitrogen and oxygen atoms in total. The summed E-state index contributed by atoms with van der Waals surface area (Å²) in [6, 6.07) is 9.89. The average molecular weight is 422 g/mol. The highest BCUT2D eigenvalue weighted by molar-refractivity contribution is 5.95. The molecule has 1 aromatic carbocycles. The molecule has 162 valence electrons. The molecule has 31 heavy (non-hydrogen) atoms. The summed E-state index contributed by atoms with van der Waals surface area (Å²) in [7, 11) is 0. The summed E-state index contributed by atoms with van der Waals surface area (Å²) < 4.78 is 13.2. The monoisotopic (exact) mass is 421 g/mol. The number of fused-ring (bicyclic) bond motifs is 1. The molecule has 3 aromatic rings. The Kier molecular flexibility index (Phi) is 5.13. The highest BCUT2D eigenvalue weighted by Gasteiger charge is 2.29. The zero-order chi connectivity index (χ0) is 22.3. The summed E-state index contributed by atoms with van der Waals surface area (Å²) in [5, 5.41) is 17.7. The first-order chi connectivity index (χ1) is 14.7. The molecule has 0 saturated carbocycles. The minimum Gasteiger partial charge on any atom is -0.444 e. The predicted molar refractivity (Wildman–Crippen MR) is 118 cm³/mol. The first kappa shape index (κ1) is 20.8. The quantitative estimate of drug-likeness (QED) is 0.680. The van der Waals surface area contributed by atoms with E-state index in [1.807, 2.05) is 63.5 Å². The second-order valence-electron chi connectivity index (χ2n) is 9.02. The number of alkyl carbamates (subject to hydrolysis) is 1. The lowest BCUT2D eigenvalue weighted by Gasteiger charge is -2.22. The minimum absolute atomic E-state index is 0.0491. The molecule has 4 rings (SSSR count). The predicted octanol–water partition coefficient (Wildman–Crippen LogP) is 4.21. The molecule has 2 aromatic heterocycles. The number of aryl methyl sites for hydroxylation is 2. The summed E-state index contributed by atoms with van der Waals surface area (Å²) in [6.45, 7) is 10.9. The first-order valence-electron chi connectivity index (χ1n) is 10.4. The molecule has 3 heterocycles. The van der Waals surface area contributed by atoms with Gasteiger partial charge in [-0.05, 0) is 65.3 Å². The van der Waals surface area contributed by atoms with Crippen LogP contribution >= 0.6 is 0 Å². The van der Waals surface area contributed by atoms with Crippen molar-refractivity contribution >= 4 is 22.7 Å². The highest BCUT2D eigenvalue weighted by atomic mass is 16.6. The maximum absolute atomic E-state index is 12.1.